The number of alkyl halides is 6. The SMILES string of the molecule is Nc1ccc(CC(CC(=O)C=Cc2ccc(OC(=O)C3CCC(OC(F)(F)F)CC3)cc2)(Cc2ccc(N)cc2)C(O)(O)C(=O)C=Cc2ccc(OC(=O)C3CCC(OC(F)(F)F)CC3)cc2)cc1. The van der Waals surface area contributed by atoms with Crippen LogP contribution in [0.1, 0.15) is 80.0 Å². The lowest BCUT2D eigenvalue weighted by Gasteiger charge is -2.42. The normalized spacial score (nSPS) is 19.4. The van der Waals surface area contributed by atoms with Crippen molar-refractivity contribution in [2.24, 2.45) is 17.3 Å². The molecular weight excluding hydrogens is 915 g/mol. The molecule has 69 heavy (non-hydrogen) atoms. The minimum atomic E-state index is -4.76. The Labute approximate surface area is 393 Å². The molecule has 2 aliphatic rings. The number of allylic oxidation sites excluding steroid dienone is 1. The maximum Gasteiger partial charge on any atom is 0.522 e. The van der Waals surface area contributed by atoms with Crippen LogP contribution in [0.4, 0.5) is 37.7 Å². The van der Waals surface area contributed by atoms with Crippen molar-refractivity contribution in [2.45, 2.75) is 101 Å². The van der Waals surface area contributed by atoms with Crippen LogP contribution < -0.4 is 20.9 Å². The Morgan fingerprint density at radius 1 is 0.536 bits per heavy atom. The molecule has 0 amide bonds. The van der Waals surface area contributed by atoms with Crippen LogP contribution in [0.15, 0.2) is 109 Å². The first-order valence-corrected chi connectivity index (χ1v) is 22.2. The summed E-state index contributed by atoms with van der Waals surface area (Å²) < 4.78 is 94.8. The van der Waals surface area contributed by atoms with E-state index in [2.05, 4.69) is 9.47 Å². The second kappa shape index (κ2) is 22.4. The molecule has 0 aromatic heterocycles. The van der Waals surface area contributed by atoms with Gasteiger partial charge in [0.2, 0.25) is 11.6 Å². The van der Waals surface area contributed by atoms with E-state index in [9.17, 15) is 55.7 Å². The largest absolute Gasteiger partial charge is 0.522 e. The number of carbonyl (C=O) groups excluding carboxylic acids is 4. The molecule has 0 spiro atoms. The summed E-state index contributed by atoms with van der Waals surface area (Å²) in [7, 11) is 0. The highest BCUT2D eigenvalue weighted by atomic mass is 19.4. The van der Waals surface area contributed by atoms with Crippen molar-refractivity contribution in [2.75, 3.05) is 11.5 Å². The third-order valence-electron chi connectivity index (χ3n) is 12.3. The van der Waals surface area contributed by atoms with E-state index in [0.29, 0.717) is 33.6 Å². The van der Waals surface area contributed by atoms with Gasteiger partial charge in [-0.3, -0.25) is 28.7 Å². The van der Waals surface area contributed by atoms with Gasteiger partial charge in [-0.05, 0) is 147 Å². The lowest BCUT2D eigenvalue weighted by Crippen LogP contribution is -2.57. The molecule has 18 heteroatoms. The zero-order valence-electron chi connectivity index (χ0n) is 37.2. The summed E-state index contributed by atoms with van der Waals surface area (Å²) in [5.74, 6) is -7.02. The highest BCUT2D eigenvalue weighted by molar-refractivity contribution is 6.01. The van der Waals surface area contributed by atoms with E-state index in [1.165, 1.54) is 54.6 Å². The van der Waals surface area contributed by atoms with Gasteiger partial charge in [0.1, 0.15) is 11.5 Å². The monoisotopic (exact) mass is 966 g/mol. The van der Waals surface area contributed by atoms with Gasteiger partial charge >= 0.3 is 24.7 Å². The number of benzene rings is 4. The number of ketones is 2. The van der Waals surface area contributed by atoms with Crippen LogP contribution in [-0.2, 0) is 41.5 Å². The molecule has 0 aliphatic heterocycles. The number of hydrogen-bond acceptors (Lipinski definition) is 12. The molecule has 0 atom stereocenters. The summed E-state index contributed by atoms with van der Waals surface area (Å²) in [5.41, 5.74) is 12.8. The Hall–Kier alpha value is -6.34. The van der Waals surface area contributed by atoms with Crippen LogP contribution in [0.3, 0.4) is 0 Å². The molecule has 0 unspecified atom stereocenters. The van der Waals surface area contributed by atoms with Gasteiger partial charge in [-0.15, -0.1) is 26.3 Å². The number of anilines is 2. The number of nitrogens with two attached hydrogens (primary N) is 2. The first kappa shape index (κ1) is 52.0. The van der Waals surface area contributed by atoms with Gasteiger partial charge in [-0.2, -0.15) is 0 Å². The summed E-state index contributed by atoms with van der Waals surface area (Å²) in [5, 5.41) is 24.3. The Morgan fingerprint density at radius 3 is 1.26 bits per heavy atom. The van der Waals surface area contributed by atoms with E-state index in [4.69, 9.17) is 20.9 Å². The summed E-state index contributed by atoms with van der Waals surface area (Å²) in [6, 6.07) is 25.0. The number of ether oxygens (including phenoxy) is 4. The van der Waals surface area contributed by atoms with E-state index < -0.39 is 77.9 Å². The molecular formula is C51H52F6N2O10. The zero-order chi connectivity index (χ0) is 50.0. The number of hydrogen-bond donors (Lipinski definition) is 4. The molecule has 4 aromatic rings. The van der Waals surface area contributed by atoms with Gasteiger partial charge in [0.25, 0.3) is 0 Å². The molecule has 2 aliphatic carbocycles. The number of nitrogen functional groups attached to an aromatic ring is 2. The zero-order valence-corrected chi connectivity index (χ0v) is 37.2. The molecule has 6 rings (SSSR count). The van der Waals surface area contributed by atoms with Gasteiger partial charge in [0.05, 0.1) is 24.0 Å². The summed E-state index contributed by atoms with van der Waals surface area (Å²) in [4.78, 5) is 53.7. The van der Waals surface area contributed by atoms with Crippen molar-refractivity contribution in [3.05, 3.63) is 131 Å². The molecule has 12 nitrogen and oxygen atoms in total. The van der Waals surface area contributed by atoms with Crippen LogP contribution in [0.5, 0.6) is 11.5 Å². The van der Waals surface area contributed by atoms with Gasteiger partial charge < -0.3 is 31.2 Å². The van der Waals surface area contributed by atoms with Crippen LogP contribution in [0, 0.1) is 17.3 Å². The lowest BCUT2D eigenvalue weighted by atomic mass is 9.65. The topological polar surface area (TPSA) is 198 Å². The maximum atomic E-state index is 14.1. The smallest absolute Gasteiger partial charge is 0.426 e. The fraction of sp³-hybridized carbons (Fsp3) is 0.373. The minimum absolute atomic E-state index is 0.0433. The molecule has 368 valence electrons. The Morgan fingerprint density at radius 2 is 0.899 bits per heavy atom. The highest BCUT2D eigenvalue weighted by Gasteiger charge is 2.54. The number of carbonyl (C=O) groups is 4. The molecule has 0 radical (unpaired) electrons. The van der Waals surface area contributed by atoms with Crippen molar-refractivity contribution in [1.29, 1.82) is 0 Å². The molecule has 2 saturated carbocycles. The second-order valence-electron chi connectivity index (χ2n) is 17.5. The van der Waals surface area contributed by atoms with Gasteiger partial charge in [0.15, 0.2) is 5.78 Å². The molecule has 0 saturated heterocycles. The molecule has 4 aromatic carbocycles. The Kier molecular flexibility index (Phi) is 16.9. The van der Waals surface area contributed by atoms with Gasteiger partial charge in [0, 0.05) is 23.2 Å². The van der Waals surface area contributed by atoms with Gasteiger partial charge in [-0.25, -0.2) is 0 Å². The van der Waals surface area contributed by atoms with E-state index in [1.54, 1.807) is 60.7 Å². The van der Waals surface area contributed by atoms with Crippen molar-refractivity contribution in [3.8, 4) is 11.5 Å². The Balaban J connectivity index is 1.16. The average Bonchev–Trinajstić information content (AvgIpc) is 3.29. The highest BCUT2D eigenvalue weighted by Crippen LogP contribution is 2.43. The van der Waals surface area contributed by atoms with Crippen molar-refractivity contribution >= 4 is 47.0 Å². The molecule has 0 heterocycles. The van der Waals surface area contributed by atoms with Crippen LogP contribution in [-0.4, -0.2) is 64.4 Å². The van der Waals surface area contributed by atoms with Crippen LogP contribution in [0.2, 0.25) is 0 Å². The number of rotatable bonds is 18. The van der Waals surface area contributed by atoms with E-state index >= 15 is 0 Å². The first-order chi connectivity index (χ1) is 32.5. The quantitative estimate of drug-likeness (QED) is 0.0184. The predicted octanol–water partition coefficient (Wildman–Crippen LogP) is 9.26. The fourth-order valence-corrected chi connectivity index (χ4v) is 8.64. The van der Waals surface area contributed by atoms with Crippen LogP contribution >= 0.6 is 0 Å². The minimum Gasteiger partial charge on any atom is -0.426 e. The number of esters is 2. The molecule has 0 bridgehead atoms. The first-order valence-electron chi connectivity index (χ1n) is 22.2. The average molecular weight is 967 g/mol. The predicted molar refractivity (Wildman–Crippen MR) is 241 cm³/mol. The standard InChI is InChI=1S/C51H52F6N2O10/c52-50(53,54)68-43-24-11-36(12-25-43)46(62)66-41-20-6-32(7-21-41)5-19-40(60)31-48(29-34-1-15-38(58)16-2-34,30-35-3-17-39(59)18-4-35)49(64,65)45(61)28-10-33-8-22-42(23-9-33)67-47(63)37-13-26-44(27-14-37)69-51(55,56)57/h1-10,15-23,28,36-37,43-44,64-65H,11-14,24-27,29-31,58-59H2. The van der Waals surface area contributed by atoms with E-state index in [-0.39, 0.29) is 75.7 Å². The fourth-order valence-electron chi connectivity index (χ4n) is 8.64. The summed E-state index contributed by atoms with van der Waals surface area (Å²) in [6.07, 6.45) is -6.71. The second-order valence-corrected chi connectivity index (χ2v) is 17.5. The lowest BCUT2D eigenvalue weighted by molar-refractivity contribution is -0.346. The summed E-state index contributed by atoms with van der Waals surface area (Å²) in [6.45, 7) is 0. The summed E-state index contributed by atoms with van der Waals surface area (Å²) >= 11 is 0. The van der Waals surface area contributed by atoms with Gasteiger partial charge in [-0.1, -0.05) is 60.7 Å². The number of halogens is 6. The van der Waals surface area contributed by atoms with E-state index in [1.807, 2.05) is 0 Å². The maximum absolute atomic E-state index is 14.1. The van der Waals surface area contributed by atoms with E-state index in [0.717, 1.165) is 6.08 Å². The van der Waals surface area contributed by atoms with Crippen molar-refractivity contribution in [1.82, 2.24) is 0 Å². The van der Waals surface area contributed by atoms with Crippen LogP contribution in [0.25, 0.3) is 12.2 Å². The number of aliphatic hydroxyl groups is 2. The van der Waals surface area contributed by atoms with Crippen molar-refractivity contribution in [3.63, 3.8) is 0 Å². The molecule has 2 fully saturated rings. The third-order valence-corrected chi connectivity index (χ3v) is 12.3. The molecule has 6 N–H and O–H groups in total. The van der Waals surface area contributed by atoms with Crippen molar-refractivity contribution < 1.29 is 74.7 Å². The Bertz CT molecular complexity index is 2390. The third kappa shape index (κ3) is 15.3.